The molecule has 2 fully saturated rings. The van der Waals surface area contributed by atoms with Crippen LogP contribution in [0.25, 0.3) is 0 Å². The molecule has 3 aliphatic carbocycles. The predicted octanol–water partition coefficient (Wildman–Crippen LogP) is 1.57. The van der Waals surface area contributed by atoms with Gasteiger partial charge < -0.3 is 14.6 Å². The van der Waals surface area contributed by atoms with Crippen LogP contribution in [0.15, 0.2) is 11.1 Å². The number of carbonyl (C=O) groups excluding carboxylic acids is 3. The molecule has 5 nitrogen and oxygen atoms in total. The number of fused-ring (bicyclic) bond motifs is 2. The summed E-state index contributed by atoms with van der Waals surface area (Å²) in [5.74, 6) is -0.482. The Morgan fingerprint density at radius 1 is 1.27 bits per heavy atom. The SMILES string of the molecule is CC(=O)O[C@H]1[C@@]2(O)CC(C)(C)CC2=C(C=O)[C@@]2(C=O)C[C@@]12C. The third kappa shape index (κ3) is 1.60. The fourth-order valence-electron chi connectivity index (χ4n) is 4.98. The van der Waals surface area contributed by atoms with Gasteiger partial charge in [-0.05, 0) is 30.3 Å². The number of rotatable bonds is 3. The summed E-state index contributed by atoms with van der Waals surface area (Å²) in [5, 5.41) is 11.3. The topological polar surface area (TPSA) is 80.7 Å². The standard InChI is InChI=1S/C17H22O5/c1-10(20)22-13-15(4)8-16(15,9-19)12(6-18)11-5-14(2,3)7-17(11,13)21/h6,9,13,21H,5,7-8H2,1-4H3/t13-,15+,16+,17-/m1/s1. The molecule has 1 N–H and O–H groups in total. The van der Waals surface area contributed by atoms with Gasteiger partial charge in [0, 0.05) is 17.9 Å². The molecule has 3 rings (SSSR count). The van der Waals surface area contributed by atoms with Gasteiger partial charge in [-0.3, -0.25) is 9.59 Å². The molecule has 0 saturated heterocycles. The molecule has 120 valence electrons. The smallest absolute Gasteiger partial charge is 0.303 e. The fourth-order valence-corrected chi connectivity index (χ4v) is 4.98. The second-order valence-corrected chi connectivity index (χ2v) is 8.13. The van der Waals surface area contributed by atoms with E-state index < -0.39 is 28.5 Å². The van der Waals surface area contributed by atoms with E-state index in [1.54, 1.807) is 0 Å². The quantitative estimate of drug-likeness (QED) is 0.632. The first kappa shape index (κ1) is 15.4. The minimum atomic E-state index is -1.36. The minimum absolute atomic E-state index is 0.214. The Morgan fingerprint density at radius 2 is 1.91 bits per heavy atom. The fraction of sp³-hybridized carbons (Fsp3) is 0.706. The van der Waals surface area contributed by atoms with Crippen molar-refractivity contribution in [3.05, 3.63) is 11.1 Å². The van der Waals surface area contributed by atoms with Gasteiger partial charge in [0.25, 0.3) is 0 Å². The summed E-state index contributed by atoms with van der Waals surface area (Å²) in [7, 11) is 0. The zero-order valence-corrected chi connectivity index (χ0v) is 13.4. The van der Waals surface area contributed by atoms with Gasteiger partial charge in [-0.15, -0.1) is 0 Å². The second-order valence-electron chi connectivity index (χ2n) is 8.13. The number of esters is 1. The van der Waals surface area contributed by atoms with E-state index in [1.165, 1.54) is 6.92 Å². The Bertz CT molecular complexity index is 619. The van der Waals surface area contributed by atoms with Crippen LogP contribution in [-0.2, 0) is 19.1 Å². The van der Waals surface area contributed by atoms with Crippen molar-refractivity contribution >= 4 is 18.5 Å². The largest absolute Gasteiger partial charge is 0.458 e. The maximum absolute atomic E-state index is 11.8. The van der Waals surface area contributed by atoms with Gasteiger partial charge in [0.15, 0.2) is 0 Å². The number of aliphatic hydroxyl groups is 1. The molecule has 5 heteroatoms. The van der Waals surface area contributed by atoms with E-state index in [2.05, 4.69) is 0 Å². The van der Waals surface area contributed by atoms with E-state index in [0.717, 1.165) is 6.29 Å². The average molecular weight is 306 g/mol. The maximum Gasteiger partial charge on any atom is 0.303 e. The van der Waals surface area contributed by atoms with E-state index >= 15 is 0 Å². The van der Waals surface area contributed by atoms with Gasteiger partial charge in [-0.2, -0.15) is 0 Å². The number of hydrogen-bond acceptors (Lipinski definition) is 5. The van der Waals surface area contributed by atoms with Crippen LogP contribution in [0.1, 0.15) is 47.0 Å². The monoisotopic (exact) mass is 306 g/mol. The first-order chi connectivity index (χ1) is 10.1. The third-order valence-electron chi connectivity index (χ3n) is 5.89. The summed E-state index contributed by atoms with van der Waals surface area (Å²) in [6, 6.07) is 0. The first-order valence-corrected chi connectivity index (χ1v) is 7.61. The Labute approximate surface area is 129 Å². The molecule has 0 radical (unpaired) electrons. The van der Waals surface area contributed by atoms with E-state index in [4.69, 9.17) is 4.74 Å². The highest BCUT2D eigenvalue weighted by atomic mass is 16.6. The lowest BCUT2D eigenvalue weighted by Crippen LogP contribution is -2.54. The first-order valence-electron chi connectivity index (χ1n) is 7.61. The Kier molecular flexibility index (Phi) is 2.85. The van der Waals surface area contributed by atoms with Gasteiger partial charge >= 0.3 is 5.97 Å². The predicted molar refractivity (Wildman–Crippen MR) is 77.8 cm³/mol. The van der Waals surface area contributed by atoms with Crippen molar-refractivity contribution in [1.29, 1.82) is 0 Å². The summed E-state index contributed by atoms with van der Waals surface area (Å²) >= 11 is 0. The molecule has 22 heavy (non-hydrogen) atoms. The van der Waals surface area contributed by atoms with Crippen molar-refractivity contribution in [3.63, 3.8) is 0 Å². The lowest BCUT2D eigenvalue weighted by atomic mass is 9.68. The molecule has 0 unspecified atom stereocenters. The van der Waals surface area contributed by atoms with Gasteiger partial charge in [-0.1, -0.05) is 20.8 Å². The number of carbonyl (C=O) groups is 3. The second kappa shape index (κ2) is 4.07. The van der Waals surface area contributed by atoms with Crippen LogP contribution in [-0.4, -0.2) is 35.4 Å². The molecule has 0 aliphatic heterocycles. The summed E-state index contributed by atoms with van der Waals surface area (Å²) < 4.78 is 5.48. The summed E-state index contributed by atoms with van der Waals surface area (Å²) in [5.41, 5.74) is -2.22. The minimum Gasteiger partial charge on any atom is -0.458 e. The van der Waals surface area contributed by atoms with Gasteiger partial charge in [0.1, 0.15) is 24.3 Å². The number of hydrogen-bond donors (Lipinski definition) is 1. The van der Waals surface area contributed by atoms with Crippen molar-refractivity contribution < 1.29 is 24.2 Å². The van der Waals surface area contributed by atoms with Crippen LogP contribution in [0.3, 0.4) is 0 Å². The van der Waals surface area contributed by atoms with Crippen molar-refractivity contribution in [3.8, 4) is 0 Å². The molecule has 0 aromatic heterocycles. The number of ether oxygens (including phenoxy) is 1. The van der Waals surface area contributed by atoms with Crippen LogP contribution < -0.4 is 0 Å². The Balaban J connectivity index is 2.24. The molecule has 4 atom stereocenters. The molecule has 0 spiro atoms. The molecule has 0 heterocycles. The van der Waals surface area contributed by atoms with E-state index in [0.29, 0.717) is 36.7 Å². The lowest BCUT2D eigenvalue weighted by molar-refractivity contribution is -0.172. The zero-order chi connectivity index (χ0) is 16.6. The highest BCUT2D eigenvalue weighted by Crippen LogP contribution is 2.76. The molecular weight excluding hydrogens is 284 g/mol. The Morgan fingerprint density at radius 3 is 2.41 bits per heavy atom. The molecule has 2 saturated carbocycles. The van der Waals surface area contributed by atoms with E-state index in [1.807, 2.05) is 20.8 Å². The zero-order valence-electron chi connectivity index (χ0n) is 13.4. The molecule has 0 aromatic carbocycles. The highest BCUT2D eigenvalue weighted by molar-refractivity contribution is 5.91. The molecule has 0 amide bonds. The lowest BCUT2D eigenvalue weighted by Gasteiger charge is -2.43. The summed E-state index contributed by atoms with van der Waals surface area (Å²) in [6.45, 7) is 7.13. The van der Waals surface area contributed by atoms with Gasteiger partial charge in [0.2, 0.25) is 0 Å². The van der Waals surface area contributed by atoms with Crippen LogP contribution in [0, 0.1) is 16.2 Å². The van der Waals surface area contributed by atoms with Crippen molar-refractivity contribution in [1.82, 2.24) is 0 Å². The Hall–Kier alpha value is -1.49. The number of allylic oxidation sites excluding steroid dienone is 1. The van der Waals surface area contributed by atoms with Crippen LogP contribution in [0.5, 0.6) is 0 Å². The van der Waals surface area contributed by atoms with Crippen LogP contribution in [0.2, 0.25) is 0 Å². The summed E-state index contributed by atoms with van der Waals surface area (Å²) in [6.07, 6.45) is 2.09. The maximum atomic E-state index is 11.8. The van der Waals surface area contributed by atoms with Crippen molar-refractivity contribution in [2.24, 2.45) is 16.2 Å². The average Bonchev–Trinajstić information content (AvgIpc) is 2.93. The number of aldehydes is 2. The van der Waals surface area contributed by atoms with Crippen LogP contribution in [0.4, 0.5) is 0 Å². The normalized spacial score (nSPS) is 44.9. The third-order valence-corrected chi connectivity index (χ3v) is 5.89. The highest BCUT2D eigenvalue weighted by Gasteiger charge is 2.79. The molecule has 0 aromatic rings. The van der Waals surface area contributed by atoms with Crippen molar-refractivity contribution in [2.45, 2.75) is 58.7 Å². The van der Waals surface area contributed by atoms with Gasteiger partial charge in [0.05, 0.1) is 5.41 Å². The van der Waals surface area contributed by atoms with E-state index in [-0.39, 0.29) is 5.41 Å². The van der Waals surface area contributed by atoms with Crippen molar-refractivity contribution in [2.75, 3.05) is 0 Å². The van der Waals surface area contributed by atoms with Crippen LogP contribution >= 0.6 is 0 Å². The van der Waals surface area contributed by atoms with E-state index in [9.17, 15) is 19.5 Å². The summed E-state index contributed by atoms with van der Waals surface area (Å²) in [4.78, 5) is 35.0. The molecular formula is C17H22O5. The molecule has 3 aliphatic rings. The van der Waals surface area contributed by atoms with Gasteiger partial charge in [-0.25, -0.2) is 0 Å². The molecule has 0 bridgehead atoms.